The summed E-state index contributed by atoms with van der Waals surface area (Å²) in [6.07, 6.45) is 4.19. The molecule has 0 radical (unpaired) electrons. The van der Waals surface area contributed by atoms with Gasteiger partial charge in [-0.1, -0.05) is 6.92 Å². The van der Waals surface area contributed by atoms with Gasteiger partial charge in [0.05, 0.1) is 0 Å². The standard InChI is InChI=1S/C17H25N3O2/c1-5-12-20(16(21)22-17(2,3)4)15-13(8-6-11-19-15)14-9-7-10-18-14/h6,8,11H,5,7,9-10,12H2,1-4H3. The fourth-order valence-corrected chi connectivity index (χ4v) is 2.42. The SMILES string of the molecule is CCCN(C(=O)OC(C)(C)C)c1ncccc1C1=NCCC1. The minimum Gasteiger partial charge on any atom is -0.443 e. The third-order valence-corrected chi connectivity index (χ3v) is 3.29. The molecule has 2 rings (SSSR count). The van der Waals surface area contributed by atoms with Crippen LogP contribution in [0, 0.1) is 0 Å². The van der Waals surface area contributed by atoms with Crippen LogP contribution >= 0.6 is 0 Å². The van der Waals surface area contributed by atoms with Crippen molar-refractivity contribution < 1.29 is 9.53 Å². The first-order chi connectivity index (χ1) is 10.4. The van der Waals surface area contributed by atoms with E-state index in [1.54, 1.807) is 11.1 Å². The van der Waals surface area contributed by atoms with Gasteiger partial charge in [-0.05, 0) is 52.2 Å². The van der Waals surface area contributed by atoms with E-state index >= 15 is 0 Å². The summed E-state index contributed by atoms with van der Waals surface area (Å²) in [5.74, 6) is 0.652. The number of carbonyl (C=O) groups excluding carboxylic acids is 1. The highest BCUT2D eigenvalue weighted by molar-refractivity contribution is 6.07. The van der Waals surface area contributed by atoms with E-state index in [0.29, 0.717) is 12.4 Å². The van der Waals surface area contributed by atoms with Gasteiger partial charge in [0, 0.05) is 30.6 Å². The van der Waals surface area contributed by atoms with Gasteiger partial charge in [0.2, 0.25) is 0 Å². The number of anilines is 1. The molecule has 120 valence electrons. The van der Waals surface area contributed by atoms with Gasteiger partial charge in [-0.15, -0.1) is 0 Å². The van der Waals surface area contributed by atoms with E-state index in [1.165, 1.54) is 0 Å². The van der Waals surface area contributed by atoms with Gasteiger partial charge in [0.25, 0.3) is 0 Å². The fraction of sp³-hybridized carbons (Fsp3) is 0.588. The van der Waals surface area contributed by atoms with Crippen LogP contribution in [-0.2, 0) is 4.74 Å². The zero-order valence-electron chi connectivity index (χ0n) is 13.9. The predicted molar refractivity (Wildman–Crippen MR) is 88.7 cm³/mol. The summed E-state index contributed by atoms with van der Waals surface area (Å²) in [5.41, 5.74) is 1.45. The molecule has 0 unspecified atom stereocenters. The van der Waals surface area contributed by atoms with Crippen LogP contribution in [-0.4, -0.2) is 35.5 Å². The van der Waals surface area contributed by atoms with E-state index in [0.717, 1.165) is 37.1 Å². The number of aromatic nitrogens is 1. The first-order valence-corrected chi connectivity index (χ1v) is 7.91. The van der Waals surface area contributed by atoms with Crippen LogP contribution in [0.15, 0.2) is 23.3 Å². The zero-order valence-corrected chi connectivity index (χ0v) is 13.9. The maximum absolute atomic E-state index is 12.5. The normalized spacial score (nSPS) is 14.6. The van der Waals surface area contributed by atoms with E-state index in [4.69, 9.17) is 4.74 Å². The van der Waals surface area contributed by atoms with Crippen LogP contribution in [0.4, 0.5) is 10.6 Å². The van der Waals surface area contributed by atoms with Crippen molar-refractivity contribution in [3.63, 3.8) is 0 Å². The highest BCUT2D eigenvalue weighted by Gasteiger charge is 2.26. The third-order valence-electron chi connectivity index (χ3n) is 3.29. The molecule has 1 aromatic rings. The quantitative estimate of drug-likeness (QED) is 0.849. The van der Waals surface area contributed by atoms with E-state index in [9.17, 15) is 4.79 Å². The van der Waals surface area contributed by atoms with Gasteiger partial charge >= 0.3 is 6.09 Å². The fourth-order valence-electron chi connectivity index (χ4n) is 2.42. The topological polar surface area (TPSA) is 54.8 Å². The van der Waals surface area contributed by atoms with Crippen molar-refractivity contribution in [2.75, 3.05) is 18.0 Å². The summed E-state index contributed by atoms with van der Waals surface area (Å²) >= 11 is 0. The molecule has 0 saturated heterocycles. The number of carbonyl (C=O) groups is 1. The molecule has 0 aromatic carbocycles. The molecular formula is C17H25N3O2. The summed E-state index contributed by atoms with van der Waals surface area (Å²) in [4.78, 5) is 23.1. The maximum Gasteiger partial charge on any atom is 0.416 e. The number of hydrogen-bond acceptors (Lipinski definition) is 4. The molecule has 0 aliphatic carbocycles. The molecule has 1 amide bonds. The number of ether oxygens (including phenoxy) is 1. The van der Waals surface area contributed by atoms with E-state index in [2.05, 4.69) is 9.98 Å². The summed E-state index contributed by atoms with van der Waals surface area (Å²) in [5, 5.41) is 0. The molecule has 0 N–H and O–H groups in total. The molecule has 1 aliphatic heterocycles. The highest BCUT2D eigenvalue weighted by Crippen LogP contribution is 2.24. The number of hydrogen-bond donors (Lipinski definition) is 0. The molecule has 0 saturated carbocycles. The second kappa shape index (κ2) is 6.90. The van der Waals surface area contributed by atoms with Gasteiger partial charge in [0.1, 0.15) is 11.4 Å². The van der Waals surface area contributed by atoms with Crippen molar-refractivity contribution in [3.05, 3.63) is 23.9 Å². The lowest BCUT2D eigenvalue weighted by molar-refractivity contribution is 0.0579. The highest BCUT2D eigenvalue weighted by atomic mass is 16.6. The predicted octanol–water partition coefficient (Wildman–Crippen LogP) is 3.82. The molecule has 0 bridgehead atoms. The van der Waals surface area contributed by atoms with Crippen molar-refractivity contribution in [1.82, 2.24) is 4.98 Å². The Bertz CT molecular complexity index is 561. The lowest BCUT2D eigenvalue weighted by atomic mass is 10.1. The lowest BCUT2D eigenvalue weighted by Crippen LogP contribution is -2.38. The van der Waals surface area contributed by atoms with E-state index in [1.807, 2.05) is 39.8 Å². The van der Waals surface area contributed by atoms with Crippen molar-refractivity contribution in [2.45, 2.75) is 52.6 Å². The first-order valence-electron chi connectivity index (χ1n) is 7.91. The molecule has 5 nitrogen and oxygen atoms in total. The largest absolute Gasteiger partial charge is 0.443 e. The molecule has 5 heteroatoms. The minimum absolute atomic E-state index is 0.354. The van der Waals surface area contributed by atoms with Gasteiger partial charge < -0.3 is 4.74 Å². The van der Waals surface area contributed by atoms with Crippen LogP contribution in [0.2, 0.25) is 0 Å². The number of amides is 1. The molecular weight excluding hydrogens is 278 g/mol. The summed E-state index contributed by atoms with van der Waals surface area (Å²) in [6.45, 7) is 9.07. The summed E-state index contributed by atoms with van der Waals surface area (Å²) < 4.78 is 5.53. The Balaban J connectivity index is 2.34. The maximum atomic E-state index is 12.5. The van der Waals surface area contributed by atoms with Crippen LogP contribution in [0.1, 0.15) is 52.5 Å². The van der Waals surface area contributed by atoms with Crippen LogP contribution < -0.4 is 4.90 Å². The molecule has 22 heavy (non-hydrogen) atoms. The van der Waals surface area contributed by atoms with E-state index < -0.39 is 5.60 Å². The number of rotatable bonds is 4. The van der Waals surface area contributed by atoms with Crippen LogP contribution in [0.25, 0.3) is 0 Å². The van der Waals surface area contributed by atoms with Crippen LogP contribution in [0.5, 0.6) is 0 Å². The Hall–Kier alpha value is -1.91. The molecule has 0 atom stereocenters. The monoisotopic (exact) mass is 303 g/mol. The van der Waals surface area contributed by atoms with Gasteiger partial charge in [-0.3, -0.25) is 9.89 Å². The Morgan fingerprint density at radius 3 is 2.77 bits per heavy atom. The van der Waals surface area contributed by atoms with Crippen LogP contribution in [0.3, 0.4) is 0 Å². The second-order valence-corrected chi connectivity index (χ2v) is 6.44. The smallest absolute Gasteiger partial charge is 0.416 e. The summed E-state index contributed by atoms with van der Waals surface area (Å²) in [6, 6.07) is 3.87. The lowest BCUT2D eigenvalue weighted by Gasteiger charge is -2.27. The molecule has 0 spiro atoms. The zero-order chi connectivity index (χ0) is 16.2. The van der Waals surface area contributed by atoms with Gasteiger partial charge in [-0.2, -0.15) is 0 Å². The van der Waals surface area contributed by atoms with Crippen molar-refractivity contribution in [1.29, 1.82) is 0 Å². The molecule has 1 aliphatic rings. The average Bonchev–Trinajstić information content (AvgIpc) is 2.97. The molecule has 1 aromatic heterocycles. The average molecular weight is 303 g/mol. The minimum atomic E-state index is -0.525. The Morgan fingerprint density at radius 1 is 1.41 bits per heavy atom. The van der Waals surface area contributed by atoms with Gasteiger partial charge in [-0.25, -0.2) is 9.78 Å². The number of nitrogens with zero attached hydrogens (tertiary/aromatic N) is 3. The van der Waals surface area contributed by atoms with E-state index in [-0.39, 0.29) is 6.09 Å². The third kappa shape index (κ3) is 4.06. The Morgan fingerprint density at radius 2 is 2.18 bits per heavy atom. The molecule has 2 heterocycles. The Kier molecular flexibility index (Phi) is 5.16. The van der Waals surface area contributed by atoms with Gasteiger partial charge in [0.15, 0.2) is 0 Å². The number of pyridine rings is 1. The second-order valence-electron chi connectivity index (χ2n) is 6.44. The first kappa shape index (κ1) is 16.5. The van der Waals surface area contributed by atoms with Crippen molar-refractivity contribution in [3.8, 4) is 0 Å². The Labute approximate surface area is 132 Å². The number of aliphatic imine (C=N–C) groups is 1. The molecule has 0 fully saturated rings. The summed E-state index contributed by atoms with van der Waals surface area (Å²) in [7, 11) is 0. The van der Waals surface area contributed by atoms with Crippen molar-refractivity contribution >= 4 is 17.6 Å². The van der Waals surface area contributed by atoms with Crippen molar-refractivity contribution in [2.24, 2.45) is 4.99 Å².